The smallest absolute Gasteiger partial charge is 0.333 e. The summed E-state index contributed by atoms with van der Waals surface area (Å²) >= 11 is 0. The molecular weight excluding hydrogens is 366 g/mol. The van der Waals surface area contributed by atoms with Gasteiger partial charge in [0.05, 0.1) is 24.8 Å². The first-order valence-electron chi connectivity index (χ1n) is 9.60. The van der Waals surface area contributed by atoms with E-state index in [0.717, 1.165) is 18.3 Å². The van der Waals surface area contributed by atoms with E-state index in [9.17, 15) is 18.7 Å². The molecule has 28 heavy (non-hydrogen) atoms. The van der Waals surface area contributed by atoms with E-state index < -0.39 is 17.6 Å². The lowest BCUT2D eigenvalue weighted by Crippen LogP contribution is -2.48. The Morgan fingerprint density at radius 2 is 1.86 bits per heavy atom. The van der Waals surface area contributed by atoms with Gasteiger partial charge in [-0.05, 0) is 42.7 Å². The fraction of sp³-hybridized carbons (Fsp3) is 0.476. The van der Waals surface area contributed by atoms with Crippen LogP contribution in [0.15, 0.2) is 41.2 Å². The number of carbonyl (C=O) groups is 1. The molecule has 0 bridgehead atoms. The van der Waals surface area contributed by atoms with E-state index in [-0.39, 0.29) is 12.6 Å². The van der Waals surface area contributed by atoms with Crippen molar-refractivity contribution in [3.8, 4) is 0 Å². The number of benzene rings is 1. The molecule has 1 atom stereocenters. The summed E-state index contributed by atoms with van der Waals surface area (Å²) < 4.78 is 32.9. The third-order valence-electron chi connectivity index (χ3n) is 5.18. The maximum absolute atomic E-state index is 13.7. The van der Waals surface area contributed by atoms with Crippen molar-refractivity contribution in [2.75, 3.05) is 26.3 Å². The highest BCUT2D eigenvalue weighted by Crippen LogP contribution is 2.33. The first-order valence-corrected chi connectivity index (χ1v) is 9.60. The molecule has 5 nitrogen and oxygen atoms in total. The zero-order valence-corrected chi connectivity index (χ0v) is 16.3. The Labute approximate surface area is 163 Å². The minimum atomic E-state index is -0.955. The van der Waals surface area contributed by atoms with Crippen LogP contribution in [0.5, 0.6) is 0 Å². The number of aliphatic carboxylic acids is 1. The van der Waals surface area contributed by atoms with Crippen LogP contribution in [0.3, 0.4) is 0 Å². The van der Waals surface area contributed by atoms with Crippen molar-refractivity contribution < 1.29 is 23.4 Å². The molecular formula is C21H26F2N2O3. The van der Waals surface area contributed by atoms with E-state index in [0.29, 0.717) is 49.4 Å². The van der Waals surface area contributed by atoms with Crippen LogP contribution in [0.1, 0.15) is 32.3 Å². The van der Waals surface area contributed by atoms with Crippen molar-refractivity contribution in [2.45, 2.75) is 39.3 Å². The fourth-order valence-corrected chi connectivity index (χ4v) is 3.97. The third kappa shape index (κ3) is 4.35. The van der Waals surface area contributed by atoms with E-state index in [1.54, 1.807) is 0 Å². The Morgan fingerprint density at radius 1 is 1.21 bits per heavy atom. The minimum absolute atomic E-state index is 0.229. The molecule has 1 fully saturated rings. The quantitative estimate of drug-likeness (QED) is 0.803. The van der Waals surface area contributed by atoms with E-state index in [1.807, 2.05) is 24.8 Å². The zero-order chi connectivity index (χ0) is 20.3. The largest absolute Gasteiger partial charge is 0.478 e. The average Bonchev–Trinajstić information content (AvgIpc) is 2.63. The molecule has 3 rings (SSSR count). The van der Waals surface area contributed by atoms with Gasteiger partial charge in [-0.1, -0.05) is 13.3 Å². The molecule has 7 heteroatoms. The predicted molar refractivity (Wildman–Crippen MR) is 101 cm³/mol. The summed E-state index contributed by atoms with van der Waals surface area (Å²) in [5, 5.41) is 9.81. The molecule has 1 aromatic carbocycles. The summed E-state index contributed by atoms with van der Waals surface area (Å²) in [6, 6.07) is 3.08. The number of hydrogen-bond acceptors (Lipinski definition) is 4. The molecule has 0 amide bonds. The Balaban J connectivity index is 2.03. The van der Waals surface area contributed by atoms with Gasteiger partial charge in [0, 0.05) is 25.7 Å². The maximum atomic E-state index is 13.7. The molecule has 0 spiro atoms. The summed E-state index contributed by atoms with van der Waals surface area (Å²) in [5.74, 6) is -1.35. The Hall–Kier alpha value is -2.41. The van der Waals surface area contributed by atoms with Gasteiger partial charge < -0.3 is 19.6 Å². The summed E-state index contributed by atoms with van der Waals surface area (Å²) in [6.45, 7) is 6.60. The normalized spacial score (nSPS) is 20.4. The Bertz CT molecular complexity index is 781. The van der Waals surface area contributed by atoms with Gasteiger partial charge in [0.1, 0.15) is 17.5 Å². The maximum Gasteiger partial charge on any atom is 0.333 e. The van der Waals surface area contributed by atoms with Gasteiger partial charge in [-0.25, -0.2) is 13.6 Å². The second kappa shape index (κ2) is 8.73. The number of carboxylic acids is 1. The number of carboxylic acid groups (broad SMARTS) is 1. The number of hydrogen-bond donors (Lipinski definition) is 1. The predicted octanol–water partition coefficient (Wildman–Crippen LogP) is 3.52. The molecule has 1 N–H and O–H groups in total. The third-order valence-corrected chi connectivity index (χ3v) is 5.18. The number of morpholine rings is 1. The van der Waals surface area contributed by atoms with E-state index in [4.69, 9.17) is 4.74 Å². The Morgan fingerprint density at radius 3 is 2.43 bits per heavy atom. The topological polar surface area (TPSA) is 53.0 Å². The number of halogens is 2. The molecule has 0 saturated carbocycles. The van der Waals surface area contributed by atoms with E-state index >= 15 is 0 Å². The van der Waals surface area contributed by atoms with E-state index in [2.05, 4.69) is 4.90 Å². The summed E-state index contributed by atoms with van der Waals surface area (Å²) in [5.41, 5.74) is 1.53. The van der Waals surface area contributed by atoms with Crippen LogP contribution in [0.25, 0.3) is 0 Å². The SMILES string of the molecule is CCCC1C(C(=O)O)=C(C)C=C(N2CCOCC2)N1Cc1cc(F)cc(F)c1. The molecule has 0 aliphatic carbocycles. The van der Waals surface area contributed by atoms with Crippen molar-refractivity contribution in [1.82, 2.24) is 9.80 Å². The van der Waals surface area contributed by atoms with Crippen LogP contribution < -0.4 is 0 Å². The molecule has 1 saturated heterocycles. The highest BCUT2D eigenvalue weighted by atomic mass is 19.1. The van der Waals surface area contributed by atoms with Crippen molar-refractivity contribution in [2.24, 2.45) is 0 Å². The van der Waals surface area contributed by atoms with Gasteiger partial charge in [-0.15, -0.1) is 0 Å². The lowest BCUT2D eigenvalue weighted by molar-refractivity contribution is -0.133. The van der Waals surface area contributed by atoms with Crippen LogP contribution in [-0.4, -0.2) is 53.2 Å². The van der Waals surface area contributed by atoms with Gasteiger partial charge in [0.25, 0.3) is 0 Å². The molecule has 0 radical (unpaired) electrons. The lowest BCUT2D eigenvalue weighted by Gasteiger charge is -2.45. The van der Waals surface area contributed by atoms with Crippen LogP contribution in [-0.2, 0) is 16.1 Å². The minimum Gasteiger partial charge on any atom is -0.478 e. The molecule has 0 aromatic heterocycles. The molecule has 2 aliphatic heterocycles. The summed E-state index contributed by atoms with van der Waals surface area (Å²) in [6.07, 6.45) is 3.30. The zero-order valence-electron chi connectivity index (χ0n) is 16.3. The van der Waals surface area contributed by atoms with Crippen molar-refractivity contribution in [3.63, 3.8) is 0 Å². The first kappa shape index (κ1) is 20.3. The fourth-order valence-electron chi connectivity index (χ4n) is 3.97. The molecule has 1 aromatic rings. The van der Waals surface area contributed by atoms with Crippen LogP contribution >= 0.6 is 0 Å². The van der Waals surface area contributed by atoms with Crippen molar-refractivity contribution in [3.05, 3.63) is 58.4 Å². The van der Waals surface area contributed by atoms with Crippen molar-refractivity contribution in [1.29, 1.82) is 0 Å². The monoisotopic (exact) mass is 392 g/mol. The highest BCUT2D eigenvalue weighted by Gasteiger charge is 2.35. The second-order valence-corrected chi connectivity index (χ2v) is 7.21. The molecule has 2 heterocycles. The number of allylic oxidation sites excluding steroid dienone is 2. The van der Waals surface area contributed by atoms with Gasteiger partial charge in [0.2, 0.25) is 0 Å². The van der Waals surface area contributed by atoms with E-state index in [1.165, 1.54) is 12.1 Å². The summed E-state index contributed by atoms with van der Waals surface area (Å²) in [4.78, 5) is 16.1. The standard InChI is InChI=1S/C21H26F2N2O3/c1-3-4-18-20(21(26)27)14(2)9-19(24-5-7-28-8-6-24)25(18)13-15-10-16(22)12-17(23)11-15/h9-12,18H,3-8,13H2,1-2H3,(H,26,27). The first-order chi connectivity index (χ1) is 13.4. The van der Waals surface area contributed by atoms with Crippen LogP contribution in [0.2, 0.25) is 0 Å². The number of nitrogens with zero attached hydrogens (tertiary/aromatic N) is 2. The van der Waals surface area contributed by atoms with Crippen molar-refractivity contribution >= 4 is 5.97 Å². The Kier molecular flexibility index (Phi) is 6.34. The second-order valence-electron chi connectivity index (χ2n) is 7.21. The van der Waals surface area contributed by atoms with Gasteiger partial charge in [-0.2, -0.15) is 0 Å². The average molecular weight is 392 g/mol. The van der Waals surface area contributed by atoms with Gasteiger partial charge in [-0.3, -0.25) is 0 Å². The number of ether oxygens (including phenoxy) is 1. The van der Waals surface area contributed by atoms with Gasteiger partial charge in [0.15, 0.2) is 0 Å². The van der Waals surface area contributed by atoms with Crippen LogP contribution in [0, 0.1) is 11.6 Å². The summed E-state index contributed by atoms with van der Waals surface area (Å²) in [7, 11) is 0. The van der Waals surface area contributed by atoms with Gasteiger partial charge >= 0.3 is 5.97 Å². The molecule has 152 valence electrons. The molecule has 1 unspecified atom stereocenters. The molecule has 2 aliphatic rings. The number of rotatable bonds is 6. The van der Waals surface area contributed by atoms with Crippen LogP contribution in [0.4, 0.5) is 8.78 Å². The lowest BCUT2D eigenvalue weighted by atomic mass is 9.92. The highest BCUT2D eigenvalue weighted by molar-refractivity contribution is 5.90.